The van der Waals surface area contributed by atoms with E-state index in [4.69, 9.17) is 5.11 Å². The number of alkyl halides is 3. The maximum Gasteiger partial charge on any atom is 0.390 e. The standard InChI is InChI=1S/C9H17F3N2O3S/c10-9(11,12)4-5-13-18(16,17)14-6-2-1-3-8(14)7-15/h8,13,15H,1-7H2. The number of rotatable bonds is 5. The molecular formula is C9H17F3N2O3S. The van der Waals surface area contributed by atoms with Crippen molar-refractivity contribution in [2.75, 3.05) is 19.7 Å². The van der Waals surface area contributed by atoms with E-state index in [9.17, 15) is 21.6 Å². The molecule has 1 rings (SSSR count). The highest BCUT2D eigenvalue weighted by molar-refractivity contribution is 7.87. The second-order valence-electron chi connectivity index (χ2n) is 4.21. The lowest BCUT2D eigenvalue weighted by molar-refractivity contribution is -0.132. The third-order valence-electron chi connectivity index (χ3n) is 2.79. The molecule has 0 saturated carbocycles. The summed E-state index contributed by atoms with van der Waals surface area (Å²) in [5, 5.41) is 9.07. The molecule has 0 radical (unpaired) electrons. The molecule has 5 nitrogen and oxygen atoms in total. The largest absolute Gasteiger partial charge is 0.395 e. The Labute approximate surface area is 104 Å². The normalized spacial score (nSPS) is 23.2. The van der Waals surface area contributed by atoms with Gasteiger partial charge in [0.05, 0.1) is 13.0 Å². The van der Waals surface area contributed by atoms with Crippen molar-refractivity contribution in [1.82, 2.24) is 9.03 Å². The van der Waals surface area contributed by atoms with Crippen molar-refractivity contribution in [3.63, 3.8) is 0 Å². The molecule has 0 spiro atoms. The number of aliphatic hydroxyl groups is 1. The minimum atomic E-state index is -4.39. The first-order valence-corrected chi connectivity index (χ1v) is 7.14. The van der Waals surface area contributed by atoms with Crippen LogP contribution < -0.4 is 4.72 Å². The topological polar surface area (TPSA) is 69.6 Å². The maximum absolute atomic E-state index is 11.9. The second-order valence-corrected chi connectivity index (χ2v) is 5.92. The van der Waals surface area contributed by atoms with Gasteiger partial charge in [-0.3, -0.25) is 0 Å². The summed E-state index contributed by atoms with van der Waals surface area (Å²) < 4.78 is 62.3. The highest BCUT2D eigenvalue weighted by Crippen LogP contribution is 2.21. The van der Waals surface area contributed by atoms with Gasteiger partial charge in [-0.1, -0.05) is 6.42 Å². The lowest BCUT2D eigenvalue weighted by Crippen LogP contribution is -2.50. The van der Waals surface area contributed by atoms with E-state index in [0.29, 0.717) is 12.8 Å². The molecule has 18 heavy (non-hydrogen) atoms. The van der Waals surface area contributed by atoms with Gasteiger partial charge in [0.25, 0.3) is 10.2 Å². The molecule has 0 aromatic heterocycles. The van der Waals surface area contributed by atoms with Gasteiger partial charge in [-0.05, 0) is 12.8 Å². The molecule has 0 aromatic carbocycles. The molecule has 1 fully saturated rings. The van der Waals surface area contributed by atoms with Crippen molar-refractivity contribution in [3.05, 3.63) is 0 Å². The zero-order valence-corrected chi connectivity index (χ0v) is 10.6. The minimum absolute atomic E-state index is 0.229. The van der Waals surface area contributed by atoms with Crippen LogP contribution in [0.2, 0.25) is 0 Å². The van der Waals surface area contributed by atoms with Crippen LogP contribution in [0.3, 0.4) is 0 Å². The monoisotopic (exact) mass is 290 g/mol. The third-order valence-corrected chi connectivity index (χ3v) is 4.45. The summed E-state index contributed by atoms with van der Waals surface area (Å²) in [6.07, 6.45) is -3.61. The zero-order valence-electron chi connectivity index (χ0n) is 9.78. The fraction of sp³-hybridized carbons (Fsp3) is 1.00. The van der Waals surface area contributed by atoms with Crippen LogP contribution in [0.5, 0.6) is 0 Å². The average molecular weight is 290 g/mol. The summed E-state index contributed by atoms with van der Waals surface area (Å²) in [6.45, 7) is -0.771. The number of nitrogens with zero attached hydrogens (tertiary/aromatic N) is 1. The summed E-state index contributed by atoms with van der Waals surface area (Å²) in [5.41, 5.74) is 0. The average Bonchev–Trinajstić information content (AvgIpc) is 2.27. The van der Waals surface area contributed by atoms with E-state index in [1.165, 1.54) is 0 Å². The summed E-state index contributed by atoms with van der Waals surface area (Å²) in [4.78, 5) is 0. The molecule has 0 bridgehead atoms. The molecule has 1 aliphatic rings. The summed E-state index contributed by atoms with van der Waals surface area (Å²) >= 11 is 0. The van der Waals surface area contributed by atoms with E-state index >= 15 is 0 Å². The van der Waals surface area contributed by atoms with E-state index < -0.39 is 35.4 Å². The first-order valence-electron chi connectivity index (χ1n) is 5.70. The molecule has 1 unspecified atom stereocenters. The Morgan fingerprint density at radius 3 is 2.56 bits per heavy atom. The molecule has 2 N–H and O–H groups in total. The van der Waals surface area contributed by atoms with Crippen molar-refractivity contribution in [1.29, 1.82) is 0 Å². The van der Waals surface area contributed by atoms with E-state index in [2.05, 4.69) is 0 Å². The Balaban J connectivity index is 2.56. The minimum Gasteiger partial charge on any atom is -0.395 e. The van der Waals surface area contributed by atoms with Gasteiger partial charge in [0.15, 0.2) is 0 Å². The van der Waals surface area contributed by atoms with Crippen LogP contribution in [0.4, 0.5) is 13.2 Å². The zero-order chi connectivity index (χ0) is 13.8. The van der Waals surface area contributed by atoms with Crippen LogP contribution in [-0.2, 0) is 10.2 Å². The van der Waals surface area contributed by atoms with Crippen LogP contribution >= 0.6 is 0 Å². The van der Waals surface area contributed by atoms with Gasteiger partial charge in [0.2, 0.25) is 0 Å². The first kappa shape index (κ1) is 15.7. The lowest BCUT2D eigenvalue weighted by Gasteiger charge is -2.33. The van der Waals surface area contributed by atoms with Gasteiger partial charge < -0.3 is 5.11 Å². The smallest absolute Gasteiger partial charge is 0.390 e. The van der Waals surface area contributed by atoms with Crippen LogP contribution in [0, 0.1) is 0 Å². The number of aliphatic hydroxyl groups excluding tert-OH is 1. The number of halogens is 3. The maximum atomic E-state index is 11.9. The molecule has 1 saturated heterocycles. The van der Waals surface area contributed by atoms with E-state index in [1.807, 2.05) is 4.72 Å². The van der Waals surface area contributed by atoms with E-state index in [-0.39, 0.29) is 13.2 Å². The molecule has 0 aliphatic carbocycles. The molecule has 1 aliphatic heterocycles. The van der Waals surface area contributed by atoms with Crippen LogP contribution in [0.25, 0.3) is 0 Å². The Morgan fingerprint density at radius 1 is 1.33 bits per heavy atom. The quantitative estimate of drug-likeness (QED) is 0.780. The molecule has 9 heteroatoms. The number of hydrogen-bond acceptors (Lipinski definition) is 3. The highest BCUT2D eigenvalue weighted by atomic mass is 32.2. The summed E-state index contributed by atoms with van der Waals surface area (Å²) in [6, 6.07) is -0.540. The van der Waals surface area contributed by atoms with Gasteiger partial charge >= 0.3 is 6.18 Å². The highest BCUT2D eigenvalue weighted by Gasteiger charge is 2.33. The van der Waals surface area contributed by atoms with Gasteiger partial charge in [0, 0.05) is 19.1 Å². The molecule has 1 heterocycles. The predicted molar refractivity (Wildman–Crippen MR) is 59.0 cm³/mol. The Hall–Kier alpha value is -0.380. The Morgan fingerprint density at radius 2 is 2.00 bits per heavy atom. The SMILES string of the molecule is O=S(=O)(NCCC(F)(F)F)N1CCCCC1CO. The Kier molecular flexibility index (Phi) is 5.38. The van der Waals surface area contributed by atoms with Crippen molar-refractivity contribution in [3.8, 4) is 0 Å². The number of piperidine rings is 1. The van der Waals surface area contributed by atoms with Crippen molar-refractivity contribution >= 4 is 10.2 Å². The second kappa shape index (κ2) is 6.18. The van der Waals surface area contributed by atoms with E-state index in [0.717, 1.165) is 10.7 Å². The van der Waals surface area contributed by atoms with Crippen LogP contribution in [0.1, 0.15) is 25.7 Å². The third kappa shape index (κ3) is 4.71. The predicted octanol–water partition coefficient (Wildman–Crippen LogP) is 0.620. The van der Waals surface area contributed by atoms with Gasteiger partial charge in [-0.2, -0.15) is 25.9 Å². The lowest BCUT2D eigenvalue weighted by atomic mass is 10.1. The molecule has 108 valence electrons. The van der Waals surface area contributed by atoms with Crippen molar-refractivity contribution < 1.29 is 26.7 Å². The first-order chi connectivity index (χ1) is 8.26. The van der Waals surface area contributed by atoms with Crippen molar-refractivity contribution in [2.45, 2.75) is 37.9 Å². The molecule has 0 amide bonds. The Bertz CT molecular complexity index is 359. The number of hydrogen-bond donors (Lipinski definition) is 2. The summed E-state index contributed by atoms with van der Waals surface area (Å²) in [5.74, 6) is 0. The van der Waals surface area contributed by atoms with E-state index in [1.54, 1.807) is 0 Å². The van der Waals surface area contributed by atoms with Gasteiger partial charge in [-0.15, -0.1) is 0 Å². The summed E-state index contributed by atoms with van der Waals surface area (Å²) in [7, 11) is -3.94. The fourth-order valence-corrected chi connectivity index (χ4v) is 3.34. The molecule has 0 aromatic rings. The van der Waals surface area contributed by atoms with Crippen LogP contribution in [0.15, 0.2) is 0 Å². The molecular weight excluding hydrogens is 273 g/mol. The van der Waals surface area contributed by atoms with Crippen molar-refractivity contribution in [2.24, 2.45) is 0 Å². The van der Waals surface area contributed by atoms with Gasteiger partial charge in [0.1, 0.15) is 0 Å². The fourth-order valence-electron chi connectivity index (χ4n) is 1.88. The van der Waals surface area contributed by atoms with Crippen LogP contribution in [-0.4, -0.2) is 49.7 Å². The number of nitrogens with one attached hydrogen (secondary N) is 1. The molecule has 1 atom stereocenters. The van der Waals surface area contributed by atoms with Gasteiger partial charge in [-0.25, -0.2) is 4.72 Å².